The number of hydrogen-bond donors (Lipinski definition) is 1. The predicted molar refractivity (Wildman–Crippen MR) is 116 cm³/mol. The van der Waals surface area contributed by atoms with Crippen LogP contribution in [-0.2, 0) is 22.4 Å². The summed E-state index contributed by atoms with van der Waals surface area (Å²) in [6.07, 6.45) is 3.54. The van der Waals surface area contributed by atoms with Gasteiger partial charge in [0.1, 0.15) is 10.8 Å². The van der Waals surface area contributed by atoms with Crippen LogP contribution in [0.25, 0.3) is 0 Å². The molecule has 7 heteroatoms. The summed E-state index contributed by atoms with van der Waals surface area (Å²) in [6.45, 7) is 6.25. The molecule has 2 aromatic rings. The van der Waals surface area contributed by atoms with Crippen LogP contribution >= 0.6 is 22.9 Å². The summed E-state index contributed by atoms with van der Waals surface area (Å²) in [5, 5.41) is 4.05. The number of anilines is 1. The van der Waals surface area contributed by atoms with Crippen molar-refractivity contribution in [2.45, 2.75) is 46.5 Å². The van der Waals surface area contributed by atoms with Gasteiger partial charge in [0.05, 0.1) is 12.2 Å². The number of hydrogen-bond acceptors (Lipinski definition) is 5. The summed E-state index contributed by atoms with van der Waals surface area (Å²) in [6, 6.07) is 5.24. The van der Waals surface area contributed by atoms with Gasteiger partial charge < -0.3 is 14.8 Å². The first-order chi connectivity index (χ1) is 13.9. The number of carbonyl (C=O) groups is 2. The van der Waals surface area contributed by atoms with Crippen molar-refractivity contribution in [3.05, 3.63) is 44.8 Å². The average Bonchev–Trinajstić information content (AvgIpc) is 3.02. The molecule has 0 saturated carbocycles. The first-order valence-corrected chi connectivity index (χ1v) is 11.1. The Balaban J connectivity index is 1.74. The van der Waals surface area contributed by atoms with E-state index in [2.05, 4.69) is 12.2 Å². The van der Waals surface area contributed by atoms with Gasteiger partial charge in [-0.25, -0.2) is 4.79 Å². The third-order valence-electron chi connectivity index (χ3n) is 4.90. The Morgan fingerprint density at radius 1 is 1.34 bits per heavy atom. The molecule has 1 aromatic carbocycles. The smallest absolute Gasteiger partial charge is 0.341 e. The fourth-order valence-corrected chi connectivity index (χ4v) is 5.04. The summed E-state index contributed by atoms with van der Waals surface area (Å²) in [5.41, 5.74) is 2.40. The van der Waals surface area contributed by atoms with Crippen LogP contribution in [0.3, 0.4) is 0 Å². The van der Waals surface area contributed by atoms with Crippen LogP contribution in [0.15, 0.2) is 18.2 Å². The lowest BCUT2D eigenvalue weighted by molar-refractivity contribution is -0.118. The molecule has 156 valence electrons. The van der Waals surface area contributed by atoms with E-state index >= 15 is 0 Å². The molecule has 0 saturated heterocycles. The van der Waals surface area contributed by atoms with Gasteiger partial charge in [-0.3, -0.25) is 4.79 Å². The van der Waals surface area contributed by atoms with Gasteiger partial charge in [0.15, 0.2) is 6.61 Å². The van der Waals surface area contributed by atoms with Gasteiger partial charge in [-0.1, -0.05) is 25.4 Å². The van der Waals surface area contributed by atoms with Crippen LogP contribution in [0, 0.1) is 12.8 Å². The van der Waals surface area contributed by atoms with Crippen LogP contribution in [-0.4, -0.2) is 25.1 Å². The van der Waals surface area contributed by atoms with Crippen molar-refractivity contribution >= 4 is 39.8 Å². The number of fused-ring (bicyclic) bond motifs is 1. The highest BCUT2D eigenvalue weighted by Crippen LogP contribution is 2.40. The van der Waals surface area contributed by atoms with Crippen LogP contribution in [0.2, 0.25) is 5.02 Å². The fraction of sp³-hybridized carbons (Fsp3) is 0.455. The van der Waals surface area contributed by atoms with Crippen molar-refractivity contribution in [1.29, 1.82) is 0 Å². The normalized spacial score (nSPS) is 15.5. The molecule has 0 fully saturated rings. The van der Waals surface area contributed by atoms with E-state index in [1.165, 1.54) is 11.3 Å². The Hall–Kier alpha value is -2.05. The maximum absolute atomic E-state index is 12.7. The fourth-order valence-electron chi connectivity index (χ4n) is 3.40. The lowest BCUT2D eigenvalue weighted by Gasteiger charge is -2.18. The summed E-state index contributed by atoms with van der Waals surface area (Å²) in [4.78, 5) is 26.4. The zero-order valence-corrected chi connectivity index (χ0v) is 18.5. The Bertz CT molecular complexity index is 908. The molecule has 1 aliphatic rings. The number of benzene rings is 1. The lowest BCUT2D eigenvalue weighted by atomic mass is 9.88. The highest BCUT2D eigenvalue weighted by molar-refractivity contribution is 7.17. The van der Waals surface area contributed by atoms with Gasteiger partial charge >= 0.3 is 5.97 Å². The van der Waals surface area contributed by atoms with E-state index < -0.39 is 0 Å². The van der Waals surface area contributed by atoms with Gasteiger partial charge in [-0.05, 0) is 67.9 Å². The minimum atomic E-state index is -0.358. The number of halogens is 1. The summed E-state index contributed by atoms with van der Waals surface area (Å²) >= 11 is 7.43. The van der Waals surface area contributed by atoms with Crippen LogP contribution in [0.4, 0.5) is 5.00 Å². The van der Waals surface area contributed by atoms with E-state index in [1.54, 1.807) is 18.2 Å². The molecule has 1 N–H and O–H groups in total. The van der Waals surface area contributed by atoms with Crippen molar-refractivity contribution in [3.63, 3.8) is 0 Å². The van der Waals surface area contributed by atoms with E-state index in [0.29, 0.717) is 33.9 Å². The first-order valence-electron chi connectivity index (χ1n) is 9.89. The first kappa shape index (κ1) is 21.7. The van der Waals surface area contributed by atoms with Gasteiger partial charge in [-0.15, -0.1) is 11.3 Å². The summed E-state index contributed by atoms with van der Waals surface area (Å²) in [7, 11) is 0. The molecule has 0 radical (unpaired) electrons. The van der Waals surface area contributed by atoms with Gasteiger partial charge in [0.25, 0.3) is 5.91 Å². The Labute approximate surface area is 180 Å². The Kier molecular flexibility index (Phi) is 7.19. The van der Waals surface area contributed by atoms with E-state index in [4.69, 9.17) is 21.1 Å². The quantitative estimate of drug-likeness (QED) is 0.590. The number of carbonyl (C=O) groups excluding carboxylic acids is 2. The molecule has 1 aliphatic carbocycles. The molecule has 3 rings (SSSR count). The molecule has 1 atom stereocenters. The van der Waals surface area contributed by atoms with Crippen LogP contribution in [0.1, 0.15) is 53.1 Å². The Morgan fingerprint density at radius 2 is 2.14 bits per heavy atom. The van der Waals surface area contributed by atoms with Crippen molar-refractivity contribution in [2.24, 2.45) is 5.92 Å². The minimum absolute atomic E-state index is 0.148. The van der Waals surface area contributed by atoms with E-state index in [1.807, 2.05) is 13.8 Å². The van der Waals surface area contributed by atoms with Gasteiger partial charge in [0.2, 0.25) is 0 Å². The number of amides is 1. The minimum Gasteiger partial charge on any atom is -0.483 e. The molecule has 0 bridgehead atoms. The summed E-state index contributed by atoms with van der Waals surface area (Å²) in [5.74, 6) is 0.506. The zero-order valence-electron chi connectivity index (χ0n) is 17.0. The molecule has 0 spiro atoms. The van der Waals surface area contributed by atoms with Gasteiger partial charge in [0, 0.05) is 9.90 Å². The molecular weight excluding hydrogens is 410 g/mol. The highest BCUT2D eigenvalue weighted by Gasteiger charge is 2.29. The van der Waals surface area contributed by atoms with Crippen LogP contribution < -0.4 is 10.1 Å². The molecule has 5 nitrogen and oxygen atoms in total. The number of ether oxygens (including phenoxy) is 2. The monoisotopic (exact) mass is 435 g/mol. The van der Waals surface area contributed by atoms with Crippen molar-refractivity contribution < 1.29 is 19.1 Å². The average molecular weight is 436 g/mol. The highest BCUT2D eigenvalue weighted by atomic mass is 35.5. The number of nitrogens with one attached hydrogen (secondary N) is 1. The maximum Gasteiger partial charge on any atom is 0.341 e. The maximum atomic E-state index is 12.7. The van der Waals surface area contributed by atoms with E-state index in [0.717, 1.165) is 41.7 Å². The molecule has 0 aliphatic heterocycles. The number of rotatable bonds is 7. The topological polar surface area (TPSA) is 64.6 Å². The Morgan fingerprint density at radius 3 is 2.86 bits per heavy atom. The van der Waals surface area contributed by atoms with Crippen molar-refractivity contribution in [3.8, 4) is 5.75 Å². The van der Waals surface area contributed by atoms with Crippen molar-refractivity contribution in [2.75, 3.05) is 18.5 Å². The zero-order chi connectivity index (χ0) is 21.0. The van der Waals surface area contributed by atoms with Crippen molar-refractivity contribution in [1.82, 2.24) is 0 Å². The predicted octanol–water partition coefficient (Wildman–Crippen LogP) is 5.42. The SMILES string of the molecule is CCCOC(=O)c1c(NC(=O)COc2ccc(Cl)cc2C)sc2c1CC[C@H](C)C2. The second-order valence-corrected chi connectivity index (χ2v) is 8.98. The third-order valence-corrected chi connectivity index (χ3v) is 6.31. The number of esters is 1. The van der Waals surface area contributed by atoms with E-state index in [-0.39, 0.29) is 18.5 Å². The third kappa shape index (κ3) is 5.31. The molecule has 29 heavy (non-hydrogen) atoms. The second-order valence-electron chi connectivity index (χ2n) is 7.44. The number of aryl methyl sites for hydroxylation is 1. The number of thiophene rings is 1. The standard InChI is InChI=1S/C22H26ClNO4S/c1-4-9-27-22(26)20-16-7-5-13(2)10-18(16)29-21(20)24-19(25)12-28-17-8-6-15(23)11-14(17)3/h6,8,11,13H,4-5,7,9-10,12H2,1-3H3,(H,24,25)/t13-/m0/s1. The van der Waals surface area contributed by atoms with Crippen LogP contribution in [0.5, 0.6) is 5.75 Å². The molecule has 1 aromatic heterocycles. The van der Waals surface area contributed by atoms with E-state index in [9.17, 15) is 9.59 Å². The van der Waals surface area contributed by atoms with Gasteiger partial charge in [-0.2, -0.15) is 0 Å². The molecule has 1 heterocycles. The second kappa shape index (κ2) is 9.63. The summed E-state index contributed by atoms with van der Waals surface area (Å²) < 4.78 is 11.0. The molecular formula is C22H26ClNO4S. The molecule has 1 amide bonds. The molecule has 0 unspecified atom stereocenters. The largest absolute Gasteiger partial charge is 0.483 e. The lowest BCUT2D eigenvalue weighted by Crippen LogP contribution is -2.21.